The van der Waals surface area contributed by atoms with Gasteiger partial charge in [0.1, 0.15) is 5.56 Å². The average molecular weight is 596 g/mol. The van der Waals surface area contributed by atoms with Gasteiger partial charge in [0.05, 0.1) is 19.9 Å². The molecule has 1 heterocycles. The van der Waals surface area contributed by atoms with Crippen molar-refractivity contribution in [3.05, 3.63) is 101 Å². The number of rotatable bonds is 6. The first-order chi connectivity index (χ1) is 19.5. The summed E-state index contributed by atoms with van der Waals surface area (Å²) in [6.45, 7) is 0.0768. The van der Waals surface area contributed by atoms with E-state index in [2.05, 4.69) is 52.3 Å². The van der Waals surface area contributed by atoms with Gasteiger partial charge in [-0.15, -0.1) is 0 Å². The molecule has 0 bridgehead atoms. The summed E-state index contributed by atoms with van der Waals surface area (Å²) >= 11 is 3.53. The quantitative estimate of drug-likeness (QED) is 0.199. The number of halogens is 1. The van der Waals surface area contributed by atoms with Crippen molar-refractivity contribution in [2.24, 2.45) is 0 Å². The molecule has 1 aliphatic rings. The van der Waals surface area contributed by atoms with Crippen LogP contribution in [0.4, 0.5) is 5.69 Å². The minimum absolute atomic E-state index is 0.0768. The SMILES string of the molecule is COc1cc2c(N(C)C(=O)c3c(Br)ccc4c3OCO4)cccc2c(-c2ccc(-c3ccccc3)cc2)c1OC. The fourth-order valence-corrected chi connectivity index (χ4v) is 5.66. The van der Waals surface area contributed by atoms with Crippen LogP contribution in [0.25, 0.3) is 33.0 Å². The first-order valence-electron chi connectivity index (χ1n) is 12.7. The Balaban J connectivity index is 1.50. The van der Waals surface area contributed by atoms with Gasteiger partial charge in [0.25, 0.3) is 5.91 Å². The fourth-order valence-electron chi connectivity index (χ4n) is 5.18. The van der Waals surface area contributed by atoms with Crippen molar-refractivity contribution in [1.29, 1.82) is 0 Å². The van der Waals surface area contributed by atoms with Gasteiger partial charge >= 0.3 is 0 Å². The summed E-state index contributed by atoms with van der Waals surface area (Å²) in [5, 5.41) is 1.78. The van der Waals surface area contributed by atoms with Crippen LogP contribution in [0.5, 0.6) is 23.0 Å². The highest BCUT2D eigenvalue weighted by Gasteiger charge is 2.29. The van der Waals surface area contributed by atoms with Crippen LogP contribution in [-0.2, 0) is 0 Å². The van der Waals surface area contributed by atoms with Crippen molar-refractivity contribution >= 4 is 38.3 Å². The van der Waals surface area contributed by atoms with E-state index in [4.69, 9.17) is 18.9 Å². The molecule has 0 spiro atoms. The smallest absolute Gasteiger partial charge is 0.263 e. The Morgan fingerprint density at radius 3 is 2.25 bits per heavy atom. The minimum Gasteiger partial charge on any atom is -0.493 e. The van der Waals surface area contributed by atoms with Crippen molar-refractivity contribution in [2.45, 2.75) is 0 Å². The number of ether oxygens (including phenoxy) is 4. The van der Waals surface area contributed by atoms with Gasteiger partial charge in [0.15, 0.2) is 23.0 Å². The number of hydrogen-bond donors (Lipinski definition) is 0. The molecule has 0 fully saturated rings. The van der Waals surface area contributed by atoms with E-state index in [1.54, 1.807) is 38.3 Å². The van der Waals surface area contributed by atoms with Gasteiger partial charge < -0.3 is 23.8 Å². The number of benzene rings is 5. The topological polar surface area (TPSA) is 57.2 Å². The van der Waals surface area contributed by atoms with Crippen molar-refractivity contribution < 1.29 is 23.7 Å². The van der Waals surface area contributed by atoms with Crippen molar-refractivity contribution in [2.75, 3.05) is 33.0 Å². The van der Waals surface area contributed by atoms with Gasteiger partial charge in [-0.3, -0.25) is 4.79 Å². The molecule has 1 amide bonds. The predicted octanol–water partition coefficient (Wildman–Crippen LogP) is 7.96. The monoisotopic (exact) mass is 595 g/mol. The highest BCUT2D eigenvalue weighted by Crippen LogP contribution is 2.47. The van der Waals surface area contributed by atoms with E-state index in [-0.39, 0.29) is 12.7 Å². The maximum Gasteiger partial charge on any atom is 0.263 e. The number of carbonyl (C=O) groups excluding carboxylic acids is 1. The van der Waals surface area contributed by atoms with Gasteiger partial charge in [0.2, 0.25) is 6.79 Å². The fraction of sp³-hybridized carbons (Fsp3) is 0.121. The minimum atomic E-state index is -0.231. The number of nitrogens with zero attached hydrogens (tertiary/aromatic N) is 1. The Bertz CT molecular complexity index is 1730. The highest BCUT2D eigenvalue weighted by atomic mass is 79.9. The Kier molecular flexibility index (Phi) is 6.82. The molecule has 0 aliphatic carbocycles. The van der Waals surface area contributed by atoms with E-state index in [9.17, 15) is 4.79 Å². The van der Waals surface area contributed by atoms with Crippen LogP contribution in [0.2, 0.25) is 0 Å². The Labute approximate surface area is 240 Å². The maximum absolute atomic E-state index is 13.9. The lowest BCUT2D eigenvalue weighted by atomic mass is 9.93. The molecule has 6 nitrogen and oxygen atoms in total. The molecule has 0 saturated carbocycles. The second kappa shape index (κ2) is 10.6. The summed E-state index contributed by atoms with van der Waals surface area (Å²) in [5.41, 5.74) is 5.25. The molecule has 0 atom stereocenters. The van der Waals surface area contributed by atoms with E-state index in [0.717, 1.165) is 33.0 Å². The first kappa shape index (κ1) is 25.8. The van der Waals surface area contributed by atoms with Gasteiger partial charge in [-0.2, -0.15) is 0 Å². The number of fused-ring (bicyclic) bond motifs is 2. The molecular formula is C33H26BrNO5. The lowest BCUT2D eigenvalue weighted by Gasteiger charge is -2.23. The molecule has 6 rings (SSSR count). The lowest BCUT2D eigenvalue weighted by molar-refractivity contribution is 0.0987. The van der Waals surface area contributed by atoms with Crippen LogP contribution >= 0.6 is 15.9 Å². The third-order valence-corrected chi connectivity index (χ3v) is 7.81. The molecule has 0 saturated heterocycles. The number of methoxy groups -OCH3 is 2. The van der Waals surface area contributed by atoms with E-state index < -0.39 is 0 Å². The number of amides is 1. The van der Waals surface area contributed by atoms with E-state index in [1.807, 2.05) is 42.5 Å². The summed E-state index contributed by atoms with van der Waals surface area (Å²) in [5.74, 6) is 1.95. The molecule has 0 aromatic heterocycles. The normalized spacial score (nSPS) is 11.9. The summed E-state index contributed by atoms with van der Waals surface area (Å²) in [6.07, 6.45) is 0. The molecule has 1 aliphatic heterocycles. The summed E-state index contributed by atoms with van der Waals surface area (Å²) in [6, 6.07) is 30.0. The summed E-state index contributed by atoms with van der Waals surface area (Å²) in [4.78, 5) is 15.5. The van der Waals surface area contributed by atoms with E-state index in [0.29, 0.717) is 38.7 Å². The second-order valence-corrected chi connectivity index (χ2v) is 10.2. The molecular weight excluding hydrogens is 570 g/mol. The molecule has 0 unspecified atom stereocenters. The standard InChI is InChI=1S/C33H26BrNO5/c1-35(33(36)30-25(34)16-17-27-32(30)40-19-39-27)26-11-7-10-23-24(26)18-28(37-2)31(38-3)29(23)22-14-12-21(13-15-22)20-8-5-4-6-9-20/h4-18H,19H2,1-3H3. The molecule has 0 N–H and O–H groups in total. The predicted molar refractivity (Wildman–Crippen MR) is 161 cm³/mol. The molecule has 7 heteroatoms. The number of hydrogen-bond acceptors (Lipinski definition) is 5. The lowest BCUT2D eigenvalue weighted by Crippen LogP contribution is -2.27. The Morgan fingerprint density at radius 1 is 0.800 bits per heavy atom. The Morgan fingerprint density at radius 2 is 1.52 bits per heavy atom. The number of carbonyl (C=O) groups is 1. The van der Waals surface area contributed by atoms with Crippen LogP contribution in [0, 0.1) is 0 Å². The third-order valence-electron chi connectivity index (χ3n) is 7.15. The maximum atomic E-state index is 13.9. The summed E-state index contributed by atoms with van der Waals surface area (Å²) in [7, 11) is 5.01. The van der Waals surface area contributed by atoms with Crippen molar-refractivity contribution in [1.82, 2.24) is 0 Å². The van der Waals surface area contributed by atoms with Gasteiger partial charge in [-0.05, 0) is 62.3 Å². The molecule has 5 aromatic carbocycles. The molecule has 5 aromatic rings. The van der Waals surface area contributed by atoms with Crippen LogP contribution < -0.4 is 23.8 Å². The van der Waals surface area contributed by atoms with E-state index >= 15 is 0 Å². The summed E-state index contributed by atoms with van der Waals surface area (Å²) < 4.78 is 23.5. The van der Waals surface area contributed by atoms with Crippen LogP contribution in [0.15, 0.2) is 95.5 Å². The van der Waals surface area contributed by atoms with Gasteiger partial charge in [0, 0.05) is 22.5 Å². The third kappa shape index (κ3) is 4.32. The largest absolute Gasteiger partial charge is 0.493 e. The van der Waals surface area contributed by atoms with Crippen molar-refractivity contribution in [3.63, 3.8) is 0 Å². The molecule has 200 valence electrons. The molecule has 0 radical (unpaired) electrons. The molecule has 40 heavy (non-hydrogen) atoms. The highest BCUT2D eigenvalue weighted by molar-refractivity contribution is 9.10. The average Bonchev–Trinajstić information content (AvgIpc) is 3.48. The Hall–Kier alpha value is -4.49. The van der Waals surface area contributed by atoms with Crippen molar-refractivity contribution in [3.8, 4) is 45.3 Å². The van der Waals surface area contributed by atoms with Gasteiger partial charge in [-0.1, -0.05) is 66.7 Å². The van der Waals surface area contributed by atoms with Crippen LogP contribution in [0.1, 0.15) is 10.4 Å². The van der Waals surface area contributed by atoms with E-state index in [1.165, 1.54) is 0 Å². The zero-order chi connectivity index (χ0) is 27.8. The zero-order valence-electron chi connectivity index (χ0n) is 22.2. The van der Waals surface area contributed by atoms with Gasteiger partial charge in [-0.25, -0.2) is 0 Å². The van der Waals surface area contributed by atoms with Crippen LogP contribution in [-0.4, -0.2) is 34.0 Å². The van der Waals surface area contributed by atoms with Crippen LogP contribution in [0.3, 0.4) is 0 Å². The second-order valence-electron chi connectivity index (χ2n) is 9.32. The number of anilines is 1. The zero-order valence-corrected chi connectivity index (χ0v) is 23.8. The first-order valence-corrected chi connectivity index (χ1v) is 13.5.